The molecule has 9 heteroatoms. The minimum Gasteiger partial charge on any atom is -0.443 e. The van der Waals surface area contributed by atoms with E-state index in [-0.39, 0.29) is 24.5 Å². The van der Waals surface area contributed by atoms with E-state index in [4.69, 9.17) is 0 Å². The first-order chi connectivity index (χ1) is 8.31. The molecule has 0 aliphatic carbocycles. The molecule has 1 atom stereocenters. The number of hydrogen-bond acceptors (Lipinski definition) is 2. The highest BCUT2D eigenvalue weighted by Crippen LogP contribution is 2.37. The van der Waals surface area contributed by atoms with Crippen LogP contribution in [0.2, 0.25) is 0 Å². The molecular weight excluding hydrogens is 297 g/mol. The number of benzene rings is 1. The van der Waals surface area contributed by atoms with Gasteiger partial charge in [-0.3, -0.25) is 0 Å². The summed E-state index contributed by atoms with van der Waals surface area (Å²) in [5, 5.41) is 1.61. The predicted octanol–water partition coefficient (Wildman–Crippen LogP) is 2.94. The Morgan fingerprint density at radius 3 is 2.26 bits per heavy atom. The number of ether oxygens (including phenoxy) is 1. The number of hydrogen-bond donors (Lipinski definition) is 1. The number of alkyl carbamates (subject to hydrolysis) is 1. The van der Waals surface area contributed by atoms with Gasteiger partial charge in [-0.2, -0.15) is 0 Å². The Balaban J connectivity index is 0.00000180. The first kappa shape index (κ1) is 15.5. The summed E-state index contributed by atoms with van der Waals surface area (Å²) in [6.07, 6.45) is -1.23. The Morgan fingerprint density at radius 1 is 1.21 bits per heavy atom. The van der Waals surface area contributed by atoms with Gasteiger partial charge in [0.25, 0.3) is 0 Å². The van der Waals surface area contributed by atoms with Crippen LogP contribution in [-0.2, 0) is 4.74 Å². The summed E-state index contributed by atoms with van der Waals surface area (Å²) >= 11 is 0. The summed E-state index contributed by atoms with van der Waals surface area (Å²) in [6, 6.07) is -1.72. The minimum atomic E-state index is -3.70. The van der Waals surface area contributed by atoms with Crippen molar-refractivity contribution in [3.63, 3.8) is 0 Å². The molecule has 1 aromatic carbocycles. The molecule has 1 amide bonds. The smallest absolute Gasteiger partial charge is 0.408 e. The summed E-state index contributed by atoms with van der Waals surface area (Å²) in [4.78, 5) is 10.8. The number of halogens is 6. The third-order valence-corrected chi connectivity index (χ3v) is 2.41. The zero-order chi connectivity index (χ0) is 13.5. The summed E-state index contributed by atoms with van der Waals surface area (Å²) < 4.78 is 70.3. The molecule has 0 radical (unpaired) electrons. The van der Waals surface area contributed by atoms with Crippen molar-refractivity contribution >= 4 is 18.5 Å². The summed E-state index contributed by atoms with van der Waals surface area (Å²) in [7, 11) is 0. The maximum atomic E-state index is 13.4. The zero-order valence-electron chi connectivity index (χ0n) is 9.05. The van der Waals surface area contributed by atoms with Gasteiger partial charge in [-0.1, -0.05) is 0 Å². The number of carbonyl (C=O) groups excluding carboxylic acids is 1. The van der Waals surface area contributed by atoms with Crippen molar-refractivity contribution < 1.29 is 31.5 Å². The highest BCUT2D eigenvalue weighted by molar-refractivity contribution is 5.85. The van der Waals surface area contributed by atoms with E-state index in [1.165, 1.54) is 0 Å². The Hall–Kier alpha value is -1.57. The molecule has 0 aromatic heterocycles. The zero-order valence-corrected chi connectivity index (χ0v) is 9.87. The van der Waals surface area contributed by atoms with Crippen molar-refractivity contribution in [2.45, 2.75) is 12.0 Å². The van der Waals surface area contributed by atoms with Crippen LogP contribution in [0.25, 0.3) is 0 Å². The molecular formula is C10H7ClF5NO2. The van der Waals surface area contributed by atoms with Gasteiger partial charge in [0.05, 0.1) is 5.56 Å². The molecule has 3 nitrogen and oxygen atoms in total. The largest absolute Gasteiger partial charge is 0.443 e. The Bertz CT molecular complexity index is 488. The topological polar surface area (TPSA) is 38.3 Å². The summed E-state index contributed by atoms with van der Waals surface area (Å²) in [5.74, 6) is -7.94. The van der Waals surface area contributed by atoms with Crippen LogP contribution < -0.4 is 5.32 Å². The maximum absolute atomic E-state index is 13.4. The molecule has 0 saturated carbocycles. The lowest BCUT2D eigenvalue weighted by Gasteiger charge is -2.32. The van der Waals surface area contributed by atoms with Gasteiger partial charge in [-0.25, -0.2) is 26.7 Å². The van der Waals surface area contributed by atoms with E-state index in [9.17, 15) is 26.7 Å². The highest BCUT2D eigenvalue weighted by atomic mass is 35.5. The van der Waals surface area contributed by atoms with Gasteiger partial charge in [-0.05, 0) is 0 Å². The molecule has 106 valence electrons. The lowest BCUT2D eigenvalue weighted by molar-refractivity contribution is -0.105. The van der Waals surface area contributed by atoms with Crippen molar-refractivity contribution in [2.75, 3.05) is 6.61 Å². The minimum absolute atomic E-state index is 0. The molecule has 2 rings (SSSR count). The number of rotatable bonds is 1. The molecule has 19 heavy (non-hydrogen) atoms. The Morgan fingerprint density at radius 2 is 1.74 bits per heavy atom. The highest BCUT2D eigenvalue weighted by Gasteiger charge is 2.49. The monoisotopic (exact) mass is 303 g/mol. The summed E-state index contributed by atoms with van der Waals surface area (Å²) in [6.45, 7) is -1.31. The number of nitrogens with one attached hydrogen (secondary N) is 1. The third kappa shape index (κ3) is 2.89. The Kier molecular flexibility index (Phi) is 4.24. The molecule has 1 saturated heterocycles. The second-order valence-electron chi connectivity index (χ2n) is 3.70. The molecule has 1 aromatic rings. The molecule has 1 N–H and O–H groups in total. The van der Waals surface area contributed by atoms with Gasteiger partial charge in [0.2, 0.25) is 0 Å². The van der Waals surface area contributed by atoms with E-state index in [1.807, 2.05) is 0 Å². The number of cyclic esters (lactones) is 1. The molecule has 1 aliphatic rings. The van der Waals surface area contributed by atoms with E-state index in [1.54, 1.807) is 5.32 Å². The maximum Gasteiger partial charge on any atom is 0.408 e. The average molecular weight is 304 g/mol. The normalized spacial score (nSPS) is 21.1. The van der Waals surface area contributed by atoms with Crippen molar-refractivity contribution in [3.05, 3.63) is 35.1 Å². The molecule has 0 unspecified atom stereocenters. The quantitative estimate of drug-likeness (QED) is 0.810. The van der Waals surface area contributed by atoms with Crippen LogP contribution in [0.4, 0.5) is 26.7 Å². The average Bonchev–Trinajstić information content (AvgIpc) is 2.22. The van der Waals surface area contributed by atoms with Crippen LogP contribution in [0.1, 0.15) is 11.6 Å². The third-order valence-electron chi connectivity index (χ3n) is 2.41. The fourth-order valence-corrected chi connectivity index (χ4v) is 1.62. The van der Waals surface area contributed by atoms with Gasteiger partial charge < -0.3 is 10.1 Å². The Labute approximate surface area is 110 Å². The number of amides is 1. The van der Waals surface area contributed by atoms with E-state index in [0.29, 0.717) is 0 Å². The first-order valence-electron chi connectivity index (χ1n) is 4.77. The van der Waals surface area contributed by atoms with Crippen LogP contribution in [0.15, 0.2) is 12.1 Å². The summed E-state index contributed by atoms with van der Waals surface area (Å²) in [5.41, 5.74) is -1.10. The number of alkyl halides is 2. The van der Waals surface area contributed by atoms with Gasteiger partial charge in [-0.15, -0.1) is 12.4 Å². The predicted molar refractivity (Wildman–Crippen MR) is 55.7 cm³/mol. The molecule has 0 spiro atoms. The molecule has 0 bridgehead atoms. The molecule has 1 fully saturated rings. The van der Waals surface area contributed by atoms with E-state index >= 15 is 0 Å². The van der Waals surface area contributed by atoms with Crippen LogP contribution in [0.3, 0.4) is 0 Å². The van der Waals surface area contributed by atoms with Crippen LogP contribution in [-0.4, -0.2) is 18.6 Å². The van der Waals surface area contributed by atoms with Crippen LogP contribution >= 0.6 is 12.4 Å². The van der Waals surface area contributed by atoms with Gasteiger partial charge >= 0.3 is 12.0 Å². The molecule has 1 aliphatic heterocycles. The van der Waals surface area contributed by atoms with Crippen LogP contribution in [0.5, 0.6) is 0 Å². The first-order valence-corrected chi connectivity index (χ1v) is 4.77. The standard InChI is InChI=1S/C10H6F5NO2.ClH/c11-4-1-5(12)7(6(13)2-4)8-10(14,15)3-18-9(17)16-8;/h1-2,8H,3H2,(H,16,17);1H/t8-;/m1./s1. The van der Waals surface area contributed by atoms with Gasteiger partial charge in [0, 0.05) is 12.1 Å². The van der Waals surface area contributed by atoms with Crippen LogP contribution in [0, 0.1) is 17.5 Å². The SMILES string of the molecule is Cl.O=C1N[C@H](c2c(F)cc(F)cc2F)C(F)(F)CO1. The van der Waals surface area contributed by atoms with E-state index in [2.05, 4.69) is 4.74 Å². The van der Waals surface area contributed by atoms with Crippen molar-refractivity contribution in [2.24, 2.45) is 0 Å². The van der Waals surface area contributed by atoms with Gasteiger partial charge in [0.15, 0.2) is 6.61 Å². The molecule has 1 heterocycles. The lowest BCUT2D eigenvalue weighted by Crippen LogP contribution is -2.50. The van der Waals surface area contributed by atoms with Gasteiger partial charge in [0.1, 0.15) is 23.5 Å². The van der Waals surface area contributed by atoms with E-state index in [0.717, 1.165) is 0 Å². The van der Waals surface area contributed by atoms with Crippen molar-refractivity contribution in [1.29, 1.82) is 0 Å². The van der Waals surface area contributed by atoms with Crippen molar-refractivity contribution in [3.8, 4) is 0 Å². The second kappa shape index (κ2) is 5.20. The second-order valence-corrected chi connectivity index (χ2v) is 3.70. The number of carbonyl (C=O) groups is 1. The fourth-order valence-electron chi connectivity index (χ4n) is 1.62. The lowest BCUT2D eigenvalue weighted by atomic mass is 9.99. The van der Waals surface area contributed by atoms with E-state index < -0.39 is 47.7 Å². The van der Waals surface area contributed by atoms with Crippen molar-refractivity contribution in [1.82, 2.24) is 5.32 Å². The fraction of sp³-hybridized carbons (Fsp3) is 0.300.